The highest BCUT2D eigenvalue weighted by Gasteiger charge is 2.27. The third kappa shape index (κ3) is 3.31. The molecule has 1 aromatic carbocycles. The van der Waals surface area contributed by atoms with Gasteiger partial charge in [0, 0.05) is 7.11 Å². The topological polar surface area (TPSA) is 49.8 Å². The second-order valence-electron chi connectivity index (χ2n) is 4.09. The molecule has 1 atom stereocenters. The van der Waals surface area contributed by atoms with Gasteiger partial charge >= 0.3 is 5.97 Å². The van der Waals surface area contributed by atoms with Crippen molar-refractivity contribution in [1.82, 2.24) is 4.90 Å². The van der Waals surface area contributed by atoms with Crippen LogP contribution >= 0.6 is 0 Å². The molecular weight excluding hydrogens is 230 g/mol. The molecule has 0 amide bonds. The smallest absolute Gasteiger partial charge is 0.325 e. The number of hydrogen-bond acceptors (Lipinski definition) is 3. The predicted octanol–water partition coefficient (Wildman–Crippen LogP) is 2.30. The molecule has 0 saturated carbocycles. The van der Waals surface area contributed by atoms with E-state index < -0.39 is 12.0 Å². The molecule has 0 fully saturated rings. The van der Waals surface area contributed by atoms with Crippen molar-refractivity contribution in [1.29, 1.82) is 0 Å². The molecule has 0 saturated heterocycles. The van der Waals surface area contributed by atoms with Crippen molar-refractivity contribution in [3.05, 3.63) is 35.4 Å². The van der Waals surface area contributed by atoms with Gasteiger partial charge < -0.3 is 9.84 Å². The summed E-state index contributed by atoms with van der Waals surface area (Å²) in [6.07, 6.45) is 0. The van der Waals surface area contributed by atoms with Gasteiger partial charge in [0.1, 0.15) is 6.04 Å². The first-order valence-electron chi connectivity index (χ1n) is 6.19. The summed E-state index contributed by atoms with van der Waals surface area (Å²) in [7, 11) is 1.62. The molecule has 1 N–H and O–H groups in total. The van der Waals surface area contributed by atoms with Crippen molar-refractivity contribution in [3.8, 4) is 0 Å². The maximum Gasteiger partial charge on any atom is 0.325 e. The molecule has 0 heterocycles. The number of likely N-dealkylation sites (N-methyl/N-ethyl adjacent to an activating group) is 1. The van der Waals surface area contributed by atoms with Gasteiger partial charge in [-0.25, -0.2) is 0 Å². The first-order chi connectivity index (χ1) is 8.65. The third-order valence-corrected chi connectivity index (χ3v) is 3.06. The zero-order chi connectivity index (χ0) is 13.5. The second-order valence-corrected chi connectivity index (χ2v) is 4.09. The summed E-state index contributed by atoms with van der Waals surface area (Å²) in [6, 6.07) is 6.95. The predicted molar refractivity (Wildman–Crippen MR) is 70.5 cm³/mol. The highest BCUT2D eigenvalue weighted by molar-refractivity contribution is 5.76. The zero-order valence-corrected chi connectivity index (χ0v) is 11.2. The Balaban J connectivity index is 3.16. The van der Waals surface area contributed by atoms with Gasteiger partial charge in [-0.3, -0.25) is 9.69 Å². The largest absolute Gasteiger partial charge is 0.480 e. The molecule has 1 aromatic rings. The molecule has 1 rings (SSSR count). The molecule has 0 aromatic heterocycles. The first kappa shape index (κ1) is 14.7. The summed E-state index contributed by atoms with van der Waals surface area (Å²) < 4.78 is 5.13. The van der Waals surface area contributed by atoms with Crippen molar-refractivity contribution in [2.45, 2.75) is 26.5 Å². The number of rotatable bonds is 7. The average Bonchev–Trinajstić information content (AvgIpc) is 2.37. The number of ether oxygens (including phenoxy) is 1. The molecule has 1 unspecified atom stereocenters. The minimum Gasteiger partial charge on any atom is -0.480 e. The maximum absolute atomic E-state index is 11.5. The van der Waals surface area contributed by atoms with E-state index in [1.165, 1.54) is 0 Å². The lowest BCUT2D eigenvalue weighted by atomic mass is 9.99. The van der Waals surface area contributed by atoms with Crippen molar-refractivity contribution < 1.29 is 14.6 Å². The van der Waals surface area contributed by atoms with Crippen LogP contribution < -0.4 is 0 Å². The highest BCUT2D eigenvalue weighted by Crippen LogP contribution is 2.24. The van der Waals surface area contributed by atoms with E-state index in [0.717, 1.165) is 11.1 Å². The molecule has 100 valence electrons. The Bertz CT molecular complexity index is 388. The molecule has 0 aliphatic carbocycles. The number of carbonyl (C=O) groups is 1. The summed E-state index contributed by atoms with van der Waals surface area (Å²) in [5.74, 6) is -0.817. The summed E-state index contributed by atoms with van der Waals surface area (Å²) in [6.45, 7) is 5.78. The Kier molecular flexibility index (Phi) is 5.82. The van der Waals surface area contributed by atoms with Crippen LogP contribution in [0.4, 0.5) is 0 Å². The van der Waals surface area contributed by atoms with E-state index >= 15 is 0 Å². The monoisotopic (exact) mass is 251 g/mol. The lowest BCUT2D eigenvalue weighted by Crippen LogP contribution is -2.34. The van der Waals surface area contributed by atoms with E-state index in [0.29, 0.717) is 19.7 Å². The quantitative estimate of drug-likeness (QED) is 0.808. The van der Waals surface area contributed by atoms with Crippen LogP contribution in [-0.4, -0.2) is 36.2 Å². The maximum atomic E-state index is 11.5. The Morgan fingerprint density at radius 3 is 2.44 bits per heavy atom. The van der Waals surface area contributed by atoms with Crippen LogP contribution in [0.3, 0.4) is 0 Å². The van der Waals surface area contributed by atoms with Gasteiger partial charge in [0.25, 0.3) is 0 Å². The van der Waals surface area contributed by atoms with E-state index in [1.54, 1.807) is 7.11 Å². The van der Waals surface area contributed by atoms with Gasteiger partial charge in [-0.1, -0.05) is 38.1 Å². The average molecular weight is 251 g/mol. The molecule has 0 bridgehead atoms. The SMILES string of the molecule is CCN(CC)C(C(=O)O)c1ccccc1COC. The van der Waals surface area contributed by atoms with Crippen LogP contribution in [0.25, 0.3) is 0 Å². The van der Waals surface area contributed by atoms with Crippen LogP contribution in [0.15, 0.2) is 24.3 Å². The number of aliphatic carboxylic acids is 1. The molecule has 0 spiro atoms. The molecule has 4 heteroatoms. The van der Waals surface area contributed by atoms with Crippen LogP contribution in [0.2, 0.25) is 0 Å². The van der Waals surface area contributed by atoms with Gasteiger partial charge in [0.15, 0.2) is 0 Å². The standard InChI is InChI=1S/C14H21NO3/c1-4-15(5-2)13(14(16)17)12-9-7-6-8-11(12)10-18-3/h6-9,13H,4-5,10H2,1-3H3,(H,16,17). The van der Waals surface area contributed by atoms with Crippen molar-refractivity contribution in [3.63, 3.8) is 0 Å². The van der Waals surface area contributed by atoms with E-state index in [1.807, 2.05) is 43.0 Å². The number of hydrogen-bond donors (Lipinski definition) is 1. The van der Waals surface area contributed by atoms with Crippen LogP contribution in [0, 0.1) is 0 Å². The second kappa shape index (κ2) is 7.13. The summed E-state index contributed by atoms with van der Waals surface area (Å²) in [5, 5.41) is 9.47. The fraction of sp³-hybridized carbons (Fsp3) is 0.500. The zero-order valence-electron chi connectivity index (χ0n) is 11.2. The minimum atomic E-state index is -0.817. The number of benzene rings is 1. The molecule has 0 aliphatic rings. The summed E-state index contributed by atoms with van der Waals surface area (Å²) in [4.78, 5) is 13.5. The van der Waals surface area contributed by atoms with Crippen LogP contribution in [-0.2, 0) is 16.1 Å². The fourth-order valence-corrected chi connectivity index (χ4v) is 2.16. The Labute approximate surface area is 108 Å². The molecule has 0 radical (unpaired) electrons. The lowest BCUT2D eigenvalue weighted by molar-refractivity contribution is -0.143. The lowest BCUT2D eigenvalue weighted by Gasteiger charge is -2.28. The fourth-order valence-electron chi connectivity index (χ4n) is 2.16. The summed E-state index contributed by atoms with van der Waals surface area (Å²) in [5.41, 5.74) is 1.75. The van der Waals surface area contributed by atoms with Crippen LogP contribution in [0.5, 0.6) is 0 Å². The van der Waals surface area contributed by atoms with Gasteiger partial charge in [0.05, 0.1) is 6.61 Å². The first-order valence-corrected chi connectivity index (χ1v) is 6.19. The number of carboxylic acid groups (broad SMARTS) is 1. The number of carboxylic acids is 1. The highest BCUT2D eigenvalue weighted by atomic mass is 16.5. The van der Waals surface area contributed by atoms with E-state index in [-0.39, 0.29) is 0 Å². The molecule has 0 aliphatic heterocycles. The normalized spacial score (nSPS) is 12.7. The van der Waals surface area contributed by atoms with Gasteiger partial charge in [-0.15, -0.1) is 0 Å². The minimum absolute atomic E-state index is 0.432. The van der Waals surface area contributed by atoms with E-state index in [9.17, 15) is 9.90 Å². The Morgan fingerprint density at radius 1 is 1.33 bits per heavy atom. The van der Waals surface area contributed by atoms with E-state index in [4.69, 9.17) is 4.74 Å². The van der Waals surface area contributed by atoms with Gasteiger partial charge in [-0.05, 0) is 24.2 Å². The van der Waals surface area contributed by atoms with Gasteiger partial charge in [-0.2, -0.15) is 0 Å². The van der Waals surface area contributed by atoms with E-state index in [2.05, 4.69) is 0 Å². The summed E-state index contributed by atoms with van der Waals surface area (Å²) >= 11 is 0. The third-order valence-electron chi connectivity index (χ3n) is 3.06. The molecule has 18 heavy (non-hydrogen) atoms. The number of nitrogens with zero attached hydrogens (tertiary/aromatic N) is 1. The Morgan fingerprint density at radius 2 is 1.94 bits per heavy atom. The Hall–Kier alpha value is -1.39. The van der Waals surface area contributed by atoms with Gasteiger partial charge in [0.2, 0.25) is 0 Å². The molecular formula is C14H21NO3. The van der Waals surface area contributed by atoms with Crippen molar-refractivity contribution in [2.24, 2.45) is 0 Å². The molecule has 4 nitrogen and oxygen atoms in total. The van der Waals surface area contributed by atoms with Crippen LogP contribution in [0.1, 0.15) is 31.0 Å². The van der Waals surface area contributed by atoms with Crippen molar-refractivity contribution in [2.75, 3.05) is 20.2 Å². The number of methoxy groups -OCH3 is 1. The van der Waals surface area contributed by atoms with Crippen molar-refractivity contribution >= 4 is 5.97 Å².